The Hall–Kier alpha value is -0.0300. The van der Waals surface area contributed by atoms with E-state index in [1.165, 1.54) is 19.3 Å². The SMILES string of the molecule is CNC(=O)[C@@H]1CCCN1C1CCNCC1.Cl.Cl. The topological polar surface area (TPSA) is 44.4 Å². The molecule has 0 aromatic carbocycles. The number of piperidine rings is 1. The van der Waals surface area contributed by atoms with E-state index in [-0.39, 0.29) is 36.8 Å². The molecule has 2 N–H and O–H groups in total. The van der Waals surface area contributed by atoms with Crippen LogP contribution in [-0.2, 0) is 4.79 Å². The highest BCUT2D eigenvalue weighted by Crippen LogP contribution is 2.24. The van der Waals surface area contributed by atoms with Crippen LogP contribution in [0.3, 0.4) is 0 Å². The van der Waals surface area contributed by atoms with E-state index in [0.29, 0.717) is 6.04 Å². The quantitative estimate of drug-likeness (QED) is 0.788. The molecule has 2 aliphatic heterocycles. The van der Waals surface area contributed by atoms with Crippen LogP contribution < -0.4 is 10.6 Å². The number of hydrogen-bond acceptors (Lipinski definition) is 3. The molecule has 17 heavy (non-hydrogen) atoms. The number of halogens is 2. The van der Waals surface area contributed by atoms with Crippen LogP contribution in [-0.4, -0.2) is 49.6 Å². The average Bonchev–Trinajstić information content (AvgIpc) is 2.78. The molecule has 2 aliphatic rings. The molecule has 0 aromatic heterocycles. The minimum atomic E-state index is 0. The molecule has 0 unspecified atom stereocenters. The van der Waals surface area contributed by atoms with E-state index < -0.39 is 0 Å². The monoisotopic (exact) mass is 283 g/mol. The first-order valence-corrected chi connectivity index (χ1v) is 6.01. The Labute approximate surface area is 116 Å². The molecule has 0 spiro atoms. The summed E-state index contributed by atoms with van der Waals surface area (Å²) >= 11 is 0. The number of likely N-dealkylation sites (tertiary alicyclic amines) is 1. The lowest BCUT2D eigenvalue weighted by molar-refractivity contribution is -0.125. The van der Waals surface area contributed by atoms with Crippen molar-refractivity contribution in [2.45, 2.75) is 37.8 Å². The van der Waals surface area contributed by atoms with Gasteiger partial charge in [0.25, 0.3) is 0 Å². The van der Waals surface area contributed by atoms with Crippen molar-refractivity contribution in [3.05, 3.63) is 0 Å². The van der Waals surface area contributed by atoms with Crippen molar-refractivity contribution in [2.75, 3.05) is 26.7 Å². The van der Waals surface area contributed by atoms with Crippen LogP contribution in [0.2, 0.25) is 0 Å². The first-order valence-electron chi connectivity index (χ1n) is 6.01. The zero-order valence-electron chi connectivity index (χ0n) is 10.3. The van der Waals surface area contributed by atoms with Crippen LogP contribution >= 0.6 is 24.8 Å². The lowest BCUT2D eigenvalue weighted by Crippen LogP contribution is -2.50. The lowest BCUT2D eigenvalue weighted by Gasteiger charge is -2.34. The van der Waals surface area contributed by atoms with Gasteiger partial charge in [0.2, 0.25) is 5.91 Å². The molecule has 0 radical (unpaired) electrons. The van der Waals surface area contributed by atoms with Gasteiger partial charge >= 0.3 is 0 Å². The molecule has 0 bridgehead atoms. The van der Waals surface area contributed by atoms with Crippen LogP contribution in [0.15, 0.2) is 0 Å². The predicted molar refractivity (Wildman–Crippen MR) is 74.2 cm³/mol. The summed E-state index contributed by atoms with van der Waals surface area (Å²) in [4.78, 5) is 14.1. The maximum Gasteiger partial charge on any atom is 0.237 e. The third kappa shape index (κ3) is 3.98. The first-order chi connectivity index (χ1) is 7.33. The van der Waals surface area contributed by atoms with Crippen LogP contribution in [0.1, 0.15) is 25.7 Å². The zero-order chi connectivity index (χ0) is 10.7. The van der Waals surface area contributed by atoms with Gasteiger partial charge in [-0.2, -0.15) is 0 Å². The molecule has 2 heterocycles. The highest BCUT2D eigenvalue weighted by Gasteiger charge is 2.34. The van der Waals surface area contributed by atoms with Crippen LogP contribution in [0.5, 0.6) is 0 Å². The number of nitrogens with one attached hydrogen (secondary N) is 2. The van der Waals surface area contributed by atoms with E-state index >= 15 is 0 Å². The predicted octanol–water partition coefficient (Wildman–Crippen LogP) is 0.792. The molecule has 102 valence electrons. The fourth-order valence-corrected chi connectivity index (χ4v) is 2.81. The smallest absolute Gasteiger partial charge is 0.237 e. The van der Waals surface area contributed by atoms with Gasteiger partial charge in [-0.15, -0.1) is 24.8 Å². The summed E-state index contributed by atoms with van der Waals surface area (Å²) in [5.41, 5.74) is 0. The molecule has 0 aromatic rings. The van der Waals surface area contributed by atoms with Crippen molar-refractivity contribution in [3.8, 4) is 0 Å². The van der Waals surface area contributed by atoms with Crippen molar-refractivity contribution in [3.63, 3.8) is 0 Å². The largest absolute Gasteiger partial charge is 0.358 e. The summed E-state index contributed by atoms with van der Waals surface area (Å²) in [7, 11) is 1.74. The second kappa shape index (κ2) is 8.14. The van der Waals surface area contributed by atoms with Gasteiger partial charge in [0.1, 0.15) is 0 Å². The number of rotatable bonds is 2. The number of likely N-dealkylation sites (N-methyl/N-ethyl adjacent to an activating group) is 1. The van der Waals surface area contributed by atoms with Crippen molar-refractivity contribution in [1.29, 1.82) is 0 Å². The van der Waals surface area contributed by atoms with Gasteiger partial charge in [-0.3, -0.25) is 9.69 Å². The summed E-state index contributed by atoms with van der Waals surface area (Å²) in [6.45, 7) is 3.30. The van der Waals surface area contributed by atoms with E-state index in [4.69, 9.17) is 0 Å². The number of hydrogen-bond donors (Lipinski definition) is 2. The first kappa shape index (κ1) is 17.0. The Balaban J connectivity index is 0.00000128. The minimum Gasteiger partial charge on any atom is -0.358 e. The summed E-state index contributed by atoms with van der Waals surface area (Å²) in [6, 6.07) is 0.758. The van der Waals surface area contributed by atoms with Gasteiger partial charge in [-0.05, 0) is 45.3 Å². The second-order valence-electron chi connectivity index (χ2n) is 4.49. The molecule has 1 amide bonds. The van der Waals surface area contributed by atoms with E-state index in [0.717, 1.165) is 26.1 Å². The normalized spacial score (nSPS) is 25.8. The summed E-state index contributed by atoms with van der Waals surface area (Å²) in [6.07, 6.45) is 4.58. The Kier molecular flexibility index (Phi) is 8.12. The van der Waals surface area contributed by atoms with Gasteiger partial charge in [0, 0.05) is 13.1 Å². The Morgan fingerprint density at radius 1 is 1.24 bits per heavy atom. The number of amides is 1. The third-order valence-electron chi connectivity index (χ3n) is 3.62. The van der Waals surface area contributed by atoms with Gasteiger partial charge in [-0.1, -0.05) is 0 Å². The molecule has 6 heteroatoms. The van der Waals surface area contributed by atoms with Crippen molar-refractivity contribution in [1.82, 2.24) is 15.5 Å². The van der Waals surface area contributed by atoms with Crippen molar-refractivity contribution in [2.24, 2.45) is 0 Å². The van der Waals surface area contributed by atoms with Gasteiger partial charge < -0.3 is 10.6 Å². The zero-order valence-corrected chi connectivity index (χ0v) is 11.9. The Morgan fingerprint density at radius 2 is 1.88 bits per heavy atom. The number of carbonyl (C=O) groups is 1. The van der Waals surface area contributed by atoms with E-state index in [1.54, 1.807) is 7.05 Å². The van der Waals surface area contributed by atoms with Crippen LogP contribution in [0, 0.1) is 0 Å². The van der Waals surface area contributed by atoms with Crippen LogP contribution in [0.4, 0.5) is 0 Å². The summed E-state index contributed by atoms with van der Waals surface area (Å²) < 4.78 is 0. The van der Waals surface area contributed by atoms with Gasteiger partial charge in [0.15, 0.2) is 0 Å². The van der Waals surface area contributed by atoms with E-state index in [9.17, 15) is 4.79 Å². The summed E-state index contributed by atoms with van der Waals surface area (Å²) in [5.74, 6) is 0.200. The highest BCUT2D eigenvalue weighted by molar-refractivity contribution is 5.85. The molecule has 0 saturated carbocycles. The molecule has 0 aliphatic carbocycles. The number of nitrogens with zero attached hydrogens (tertiary/aromatic N) is 1. The average molecular weight is 284 g/mol. The summed E-state index contributed by atoms with van der Waals surface area (Å²) in [5, 5.41) is 6.15. The molecular weight excluding hydrogens is 261 g/mol. The fourth-order valence-electron chi connectivity index (χ4n) is 2.81. The van der Waals surface area contributed by atoms with Crippen LogP contribution in [0.25, 0.3) is 0 Å². The van der Waals surface area contributed by atoms with Crippen molar-refractivity contribution < 1.29 is 4.79 Å². The minimum absolute atomic E-state index is 0. The van der Waals surface area contributed by atoms with E-state index in [1.807, 2.05) is 0 Å². The fraction of sp³-hybridized carbons (Fsp3) is 0.909. The second-order valence-corrected chi connectivity index (χ2v) is 4.49. The Bertz CT molecular complexity index is 235. The van der Waals surface area contributed by atoms with Gasteiger partial charge in [0.05, 0.1) is 6.04 Å². The van der Waals surface area contributed by atoms with Crippen molar-refractivity contribution >= 4 is 30.7 Å². The molecule has 4 nitrogen and oxygen atoms in total. The maximum atomic E-state index is 11.7. The number of carbonyl (C=O) groups excluding carboxylic acids is 1. The highest BCUT2D eigenvalue weighted by atomic mass is 35.5. The lowest BCUT2D eigenvalue weighted by atomic mass is 10.0. The maximum absolute atomic E-state index is 11.7. The molecule has 1 atom stereocenters. The Morgan fingerprint density at radius 3 is 2.47 bits per heavy atom. The standard InChI is InChI=1S/C11H21N3O.2ClH/c1-12-11(15)10-3-2-8-14(10)9-4-6-13-7-5-9;;/h9-10,13H,2-8H2,1H3,(H,12,15);2*1H/t10-;;/m0../s1. The third-order valence-corrected chi connectivity index (χ3v) is 3.62. The molecular formula is C11H23Cl2N3O. The molecule has 2 rings (SSSR count). The molecule has 2 fully saturated rings. The van der Waals surface area contributed by atoms with Gasteiger partial charge in [-0.25, -0.2) is 0 Å². The van der Waals surface area contributed by atoms with E-state index in [2.05, 4.69) is 15.5 Å². The molecule has 2 saturated heterocycles.